The van der Waals surface area contributed by atoms with Crippen LogP contribution in [0.4, 0.5) is 4.39 Å². The van der Waals surface area contributed by atoms with Crippen molar-refractivity contribution in [3.05, 3.63) is 34.9 Å². The summed E-state index contributed by atoms with van der Waals surface area (Å²) in [6.07, 6.45) is 7.27. The van der Waals surface area contributed by atoms with Crippen LogP contribution in [0.2, 0.25) is 0 Å². The molecule has 0 amide bonds. The van der Waals surface area contributed by atoms with Crippen LogP contribution in [0.3, 0.4) is 0 Å². The lowest BCUT2D eigenvalue weighted by molar-refractivity contribution is 0.112. The lowest BCUT2D eigenvalue weighted by atomic mass is 9.89. The number of nitrogens with one attached hydrogen (secondary N) is 1. The average molecular weight is 462 g/mol. The van der Waals surface area contributed by atoms with Gasteiger partial charge >= 0.3 is 0 Å². The van der Waals surface area contributed by atoms with Crippen LogP contribution in [0.25, 0.3) is 23.5 Å². The highest BCUT2D eigenvalue weighted by atomic mass is 32.1. The Balaban J connectivity index is 0.000000358. The Morgan fingerprint density at radius 2 is 2.16 bits per heavy atom. The number of carbonyl (C=O) groups excluding carboxylic acids is 1. The smallest absolute Gasteiger partial charge is 0.178 e. The number of nitrogens with two attached hydrogens (primary N) is 1. The molecule has 0 saturated heterocycles. The molecule has 0 bridgehead atoms. The first-order chi connectivity index (χ1) is 15.5. The van der Waals surface area contributed by atoms with Gasteiger partial charge in [0.1, 0.15) is 23.3 Å². The van der Waals surface area contributed by atoms with E-state index in [4.69, 9.17) is 10.8 Å². The maximum Gasteiger partial charge on any atom is 0.178 e. The molecule has 32 heavy (non-hydrogen) atoms. The van der Waals surface area contributed by atoms with Gasteiger partial charge in [-0.25, -0.2) is 14.1 Å². The van der Waals surface area contributed by atoms with E-state index in [9.17, 15) is 9.18 Å². The van der Waals surface area contributed by atoms with E-state index in [0.29, 0.717) is 33.8 Å². The average Bonchev–Trinajstić information content (AvgIpc) is 3.42. The normalized spacial score (nSPS) is 19.2. The molecule has 2 aromatic heterocycles. The first-order valence-electron chi connectivity index (χ1n) is 10.5. The van der Waals surface area contributed by atoms with Crippen molar-refractivity contribution in [2.24, 2.45) is 5.73 Å². The number of aliphatic hydroxyl groups excluding tert-OH is 1. The molecule has 4 N–H and O–H groups in total. The molecule has 1 saturated carbocycles. The van der Waals surface area contributed by atoms with Crippen LogP contribution in [0, 0.1) is 11.8 Å². The third-order valence-corrected chi connectivity index (χ3v) is 5.58. The summed E-state index contributed by atoms with van der Waals surface area (Å²) < 4.78 is 14.5. The summed E-state index contributed by atoms with van der Waals surface area (Å²) in [4.78, 5) is 15.7. The van der Waals surface area contributed by atoms with Crippen molar-refractivity contribution >= 4 is 29.9 Å². The number of rotatable bonds is 5. The topological polar surface area (TPSA) is 106 Å². The van der Waals surface area contributed by atoms with E-state index < -0.39 is 6.17 Å². The van der Waals surface area contributed by atoms with E-state index in [-0.39, 0.29) is 18.7 Å². The molecule has 3 rings (SSSR count). The van der Waals surface area contributed by atoms with Gasteiger partial charge in [-0.05, 0) is 32.4 Å². The van der Waals surface area contributed by atoms with Crippen molar-refractivity contribution < 1.29 is 14.3 Å². The number of alkyl halides is 1. The van der Waals surface area contributed by atoms with Crippen LogP contribution in [0.1, 0.15) is 53.5 Å². The maximum atomic E-state index is 13.0. The first-order valence-corrected chi connectivity index (χ1v) is 11.3. The summed E-state index contributed by atoms with van der Waals surface area (Å²) in [5.74, 6) is 5.35. The minimum absolute atomic E-state index is 0.00810. The Hall–Kier alpha value is -2.64. The van der Waals surface area contributed by atoms with Gasteiger partial charge in [-0.15, -0.1) is 11.3 Å². The van der Waals surface area contributed by atoms with Crippen LogP contribution in [-0.2, 0) is 0 Å². The van der Waals surface area contributed by atoms with Gasteiger partial charge < -0.3 is 16.2 Å². The van der Waals surface area contributed by atoms with Crippen molar-refractivity contribution in [3.63, 3.8) is 0 Å². The summed E-state index contributed by atoms with van der Waals surface area (Å²) in [5.41, 5.74) is 7.67. The Kier molecular flexibility index (Phi) is 12.4. The molecule has 1 aliphatic rings. The molecule has 3 unspecified atom stereocenters. The lowest BCUT2D eigenvalue weighted by Crippen LogP contribution is -2.51. The number of carbonyl (C=O) groups is 1. The molecule has 7 nitrogen and oxygen atoms in total. The van der Waals surface area contributed by atoms with E-state index in [1.165, 1.54) is 11.3 Å². The number of nitrogens with zero attached hydrogens (tertiary/aromatic N) is 3. The summed E-state index contributed by atoms with van der Waals surface area (Å²) in [7, 11) is 1.77. The molecule has 2 heterocycles. The monoisotopic (exact) mass is 461 g/mol. The Morgan fingerprint density at radius 1 is 1.44 bits per heavy atom. The number of aromatic nitrogens is 3. The number of halogens is 1. The number of hydrogen-bond acceptors (Lipinski definition) is 7. The Bertz CT molecular complexity index is 934. The second-order valence-electron chi connectivity index (χ2n) is 6.51. The fourth-order valence-electron chi connectivity index (χ4n) is 3.25. The standard InChI is InChI=1S/C14H11N3O2S.C7H15FN2.C2H6/c1-3-11-10(8-15-17(11)4-2)14-12(6-5-7-18)20-13(9-19)16-14;1-10-7-5(8)3-2-4-6(7)9;1-2/h3-4,8-9,18H,1-2,7H2;5-7,10H,2-4,9H2,1H3;1-2H3. The SMILES string of the molecule is C=Cc1c(-c2nc(C=O)sc2C#CCO)cnn1C=C.CC.CNC1C(N)CCCC1F. The van der Waals surface area contributed by atoms with Crippen LogP contribution in [0.15, 0.2) is 19.4 Å². The molecule has 2 aromatic rings. The highest BCUT2D eigenvalue weighted by Gasteiger charge is 2.29. The van der Waals surface area contributed by atoms with Gasteiger partial charge in [0, 0.05) is 17.8 Å². The number of thiazole rings is 1. The fraction of sp³-hybridized carbons (Fsp3) is 0.435. The van der Waals surface area contributed by atoms with Crippen molar-refractivity contribution in [1.82, 2.24) is 20.1 Å². The van der Waals surface area contributed by atoms with Crippen molar-refractivity contribution in [1.29, 1.82) is 0 Å². The minimum Gasteiger partial charge on any atom is -0.384 e. The van der Waals surface area contributed by atoms with Crippen molar-refractivity contribution in [2.45, 2.75) is 51.4 Å². The highest BCUT2D eigenvalue weighted by molar-refractivity contribution is 7.14. The summed E-state index contributed by atoms with van der Waals surface area (Å²) in [6, 6.07) is -0.109. The van der Waals surface area contributed by atoms with Gasteiger partial charge in [0.05, 0.1) is 17.9 Å². The van der Waals surface area contributed by atoms with Gasteiger partial charge in [0.25, 0.3) is 0 Å². The highest BCUT2D eigenvalue weighted by Crippen LogP contribution is 2.30. The van der Waals surface area contributed by atoms with E-state index in [2.05, 4.69) is 40.4 Å². The van der Waals surface area contributed by atoms with Crippen LogP contribution >= 0.6 is 11.3 Å². The predicted octanol–water partition coefficient (Wildman–Crippen LogP) is 3.36. The molecular formula is C23H32FN5O2S. The van der Waals surface area contributed by atoms with E-state index in [1.54, 1.807) is 30.2 Å². The van der Waals surface area contributed by atoms with Crippen molar-refractivity contribution in [2.75, 3.05) is 13.7 Å². The van der Waals surface area contributed by atoms with E-state index in [0.717, 1.165) is 18.5 Å². The molecule has 174 valence electrons. The van der Waals surface area contributed by atoms with Gasteiger partial charge in [-0.2, -0.15) is 5.10 Å². The summed E-state index contributed by atoms with van der Waals surface area (Å²) in [6.45, 7) is 11.1. The maximum absolute atomic E-state index is 13.0. The fourth-order valence-corrected chi connectivity index (χ4v) is 4.02. The zero-order valence-corrected chi connectivity index (χ0v) is 19.7. The van der Waals surface area contributed by atoms with Crippen molar-refractivity contribution in [3.8, 4) is 23.1 Å². The zero-order chi connectivity index (χ0) is 24.1. The predicted molar refractivity (Wildman–Crippen MR) is 130 cm³/mol. The largest absolute Gasteiger partial charge is 0.384 e. The number of aliphatic hydroxyl groups is 1. The molecule has 0 aromatic carbocycles. The van der Waals surface area contributed by atoms with Gasteiger partial charge in [0.2, 0.25) is 0 Å². The first kappa shape index (κ1) is 27.4. The minimum atomic E-state index is -0.742. The molecule has 3 atom stereocenters. The lowest BCUT2D eigenvalue weighted by Gasteiger charge is -2.31. The number of likely N-dealkylation sites (N-methyl/N-ethyl adjacent to an activating group) is 1. The molecule has 9 heteroatoms. The molecule has 1 aliphatic carbocycles. The van der Waals surface area contributed by atoms with E-state index >= 15 is 0 Å². The summed E-state index contributed by atoms with van der Waals surface area (Å²) in [5, 5.41) is 16.2. The molecule has 0 radical (unpaired) electrons. The van der Waals surface area contributed by atoms with Gasteiger partial charge in [-0.1, -0.05) is 38.8 Å². The Morgan fingerprint density at radius 3 is 2.66 bits per heavy atom. The quantitative estimate of drug-likeness (QED) is 0.466. The second-order valence-corrected chi connectivity index (χ2v) is 7.54. The number of hydrogen-bond donors (Lipinski definition) is 3. The molecule has 1 fully saturated rings. The second kappa shape index (κ2) is 14.4. The third-order valence-electron chi connectivity index (χ3n) is 4.68. The van der Waals surface area contributed by atoms with Crippen LogP contribution < -0.4 is 11.1 Å². The zero-order valence-electron chi connectivity index (χ0n) is 18.8. The molecule has 0 aliphatic heterocycles. The van der Waals surface area contributed by atoms with Gasteiger partial charge in [-0.3, -0.25) is 4.79 Å². The Labute approximate surface area is 193 Å². The molecule has 0 spiro atoms. The van der Waals surface area contributed by atoms with Crippen LogP contribution in [-0.4, -0.2) is 58.1 Å². The third kappa shape index (κ3) is 6.93. The molecular weight excluding hydrogens is 429 g/mol. The van der Waals surface area contributed by atoms with E-state index in [1.807, 2.05) is 13.8 Å². The number of aldehydes is 1. The van der Waals surface area contributed by atoms with Crippen LogP contribution in [0.5, 0.6) is 0 Å². The van der Waals surface area contributed by atoms with Gasteiger partial charge in [0.15, 0.2) is 11.3 Å². The summed E-state index contributed by atoms with van der Waals surface area (Å²) >= 11 is 1.17.